The van der Waals surface area contributed by atoms with E-state index in [0.717, 1.165) is 33.8 Å². The topological polar surface area (TPSA) is 94.2 Å². The third kappa shape index (κ3) is 6.83. The van der Waals surface area contributed by atoms with Crippen LogP contribution in [-0.4, -0.2) is 73.1 Å². The Hall–Kier alpha value is -4.53. The summed E-state index contributed by atoms with van der Waals surface area (Å²) in [5.74, 6) is 1.05. The van der Waals surface area contributed by atoms with Crippen LogP contribution in [0.1, 0.15) is 69.1 Å². The highest BCUT2D eigenvalue weighted by atomic mass is 16.5. The highest BCUT2D eigenvalue weighted by Crippen LogP contribution is 2.40. The maximum Gasteiger partial charge on any atom is 0.321 e. The number of nitrogens with one attached hydrogen (secondary N) is 2. The molecule has 0 saturated carbocycles. The molecule has 2 aliphatic heterocycles. The minimum atomic E-state index is -0.825. The van der Waals surface area contributed by atoms with E-state index < -0.39 is 5.54 Å². The smallest absolute Gasteiger partial charge is 0.321 e. The standard InChI is InChI=1S/C37H47N5O4/c1-26(2)30-15-11-16-31(27(3)4)34(30)39-36(45)40-22-19-37(20-23-40)35(44)41(25-42(37)29-13-7-6-8-14-29)24-33(43)38-21-18-28-12-9-10-17-32(28)46-5/h6-17,26-27H,18-25H2,1-5H3,(H,38,43)(H,39,45). The third-order valence-electron chi connectivity index (χ3n) is 9.31. The van der Waals surface area contributed by atoms with Crippen LogP contribution < -0.4 is 20.3 Å². The lowest BCUT2D eigenvalue weighted by atomic mass is 9.85. The van der Waals surface area contributed by atoms with Crippen LogP contribution in [0.2, 0.25) is 0 Å². The Kier molecular flexibility index (Phi) is 10.2. The first-order chi connectivity index (χ1) is 22.1. The molecular formula is C37H47N5O4. The van der Waals surface area contributed by atoms with Gasteiger partial charge in [0.15, 0.2) is 0 Å². The molecule has 2 aliphatic rings. The monoisotopic (exact) mass is 625 g/mol. The summed E-state index contributed by atoms with van der Waals surface area (Å²) < 4.78 is 5.42. The van der Waals surface area contributed by atoms with Crippen LogP contribution in [0, 0.1) is 0 Å². The Bertz CT molecular complexity index is 1510. The molecule has 0 aromatic heterocycles. The van der Waals surface area contributed by atoms with Crippen LogP contribution in [-0.2, 0) is 16.0 Å². The summed E-state index contributed by atoms with van der Waals surface area (Å²) in [6, 6.07) is 23.7. The number of methoxy groups -OCH3 is 1. The van der Waals surface area contributed by atoms with Crippen molar-refractivity contribution >= 4 is 29.2 Å². The molecule has 0 unspecified atom stereocenters. The number of benzene rings is 3. The van der Waals surface area contributed by atoms with Crippen molar-refractivity contribution < 1.29 is 19.1 Å². The van der Waals surface area contributed by atoms with Gasteiger partial charge in [-0.15, -0.1) is 0 Å². The Morgan fingerprint density at radius 1 is 0.870 bits per heavy atom. The summed E-state index contributed by atoms with van der Waals surface area (Å²) in [7, 11) is 1.64. The van der Waals surface area contributed by atoms with Gasteiger partial charge in [-0.3, -0.25) is 9.59 Å². The van der Waals surface area contributed by atoms with E-state index in [1.807, 2.05) is 59.5 Å². The summed E-state index contributed by atoms with van der Waals surface area (Å²) in [6.45, 7) is 10.1. The molecular weight excluding hydrogens is 578 g/mol. The van der Waals surface area contributed by atoms with Crippen molar-refractivity contribution in [2.75, 3.05) is 50.2 Å². The second-order valence-electron chi connectivity index (χ2n) is 12.9. The predicted octanol–water partition coefficient (Wildman–Crippen LogP) is 5.97. The van der Waals surface area contributed by atoms with E-state index in [4.69, 9.17) is 4.74 Å². The molecule has 244 valence electrons. The number of hydrogen-bond donors (Lipinski definition) is 2. The third-order valence-corrected chi connectivity index (χ3v) is 9.31. The number of likely N-dealkylation sites (tertiary alicyclic amines) is 1. The molecule has 2 heterocycles. The zero-order valence-electron chi connectivity index (χ0n) is 27.7. The van der Waals surface area contributed by atoms with E-state index in [1.54, 1.807) is 12.0 Å². The molecule has 2 saturated heterocycles. The molecule has 2 N–H and O–H groups in total. The van der Waals surface area contributed by atoms with Gasteiger partial charge in [0.2, 0.25) is 5.91 Å². The van der Waals surface area contributed by atoms with Crippen LogP contribution >= 0.6 is 0 Å². The Morgan fingerprint density at radius 3 is 2.13 bits per heavy atom. The molecule has 0 radical (unpaired) electrons. The number of carbonyl (C=O) groups is 3. The molecule has 3 aromatic rings. The van der Waals surface area contributed by atoms with Crippen molar-refractivity contribution in [3.63, 3.8) is 0 Å². The lowest BCUT2D eigenvalue weighted by molar-refractivity contribution is -0.137. The number of nitrogens with zero attached hydrogens (tertiary/aromatic N) is 3. The van der Waals surface area contributed by atoms with Gasteiger partial charge in [-0.25, -0.2) is 4.79 Å². The first-order valence-corrected chi connectivity index (χ1v) is 16.3. The fourth-order valence-electron chi connectivity index (χ4n) is 6.76. The molecule has 9 heteroatoms. The summed E-state index contributed by atoms with van der Waals surface area (Å²) in [6.07, 6.45) is 1.58. The lowest BCUT2D eigenvalue weighted by Crippen LogP contribution is -2.58. The number of para-hydroxylation sites is 3. The van der Waals surface area contributed by atoms with E-state index >= 15 is 0 Å². The molecule has 2 fully saturated rings. The molecule has 1 spiro atoms. The van der Waals surface area contributed by atoms with Crippen LogP contribution in [0.3, 0.4) is 0 Å². The molecule has 5 rings (SSSR count). The SMILES string of the molecule is COc1ccccc1CCNC(=O)CN1CN(c2ccccc2)C2(CCN(C(=O)Nc3c(C(C)C)cccc3C(C)C)CC2)C1=O. The number of urea groups is 1. The Morgan fingerprint density at radius 2 is 1.50 bits per heavy atom. The van der Waals surface area contributed by atoms with Gasteiger partial charge < -0.3 is 30.1 Å². The zero-order valence-corrected chi connectivity index (χ0v) is 27.7. The quantitative estimate of drug-likeness (QED) is 0.290. The minimum absolute atomic E-state index is 0.0238. The number of anilines is 2. The normalized spacial score (nSPS) is 16.0. The highest BCUT2D eigenvalue weighted by molar-refractivity contribution is 5.97. The van der Waals surface area contributed by atoms with Crippen molar-refractivity contribution in [2.24, 2.45) is 0 Å². The summed E-state index contributed by atoms with van der Waals surface area (Å²) in [5, 5.41) is 6.21. The van der Waals surface area contributed by atoms with Crippen molar-refractivity contribution in [1.82, 2.24) is 15.1 Å². The van der Waals surface area contributed by atoms with Crippen LogP contribution in [0.25, 0.3) is 0 Å². The van der Waals surface area contributed by atoms with E-state index in [0.29, 0.717) is 45.6 Å². The maximum absolute atomic E-state index is 14.2. The molecule has 0 aliphatic carbocycles. The maximum atomic E-state index is 14.2. The second-order valence-corrected chi connectivity index (χ2v) is 12.9. The highest BCUT2D eigenvalue weighted by Gasteiger charge is 2.54. The van der Waals surface area contributed by atoms with E-state index in [-0.39, 0.29) is 36.2 Å². The average Bonchev–Trinajstić information content (AvgIpc) is 3.31. The Balaban J connectivity index is 1.27. The summed E-state index contributed by atoms with van der Waals surface area (Å²) in [4.78, 5) is 46.4. The van der Waals surface area contributed by atoms with E-state index in [1.165, 1.54) is 0 Å². The molecule has 0 bridgehead atoms. The van der Waals surface area contributed by atoms with Gasteiger partial charge in [0.05, 0.1) is 13.8 Å². The first-order valence-electron chi connectivity index (χ1n) is 16.3. The molecule has 4 amide bonds. The Labute approximate surface area is 272 Å². The fourth-order valence-corrected chi connectivity index (χ4v) is 6.76. The van der Waals surface area contributed by atoms with Crippen molar-refractivity contribution in [2.45, 2.75) is 64.3 Å². The van der Waals surface area contributed by atoms with Crippen molar-refractivity contribution in [3.8, 4) is 5.75 Å². The van der Waals surface area contributed by atoms with Crippen molar-refractivity contribution in [1.29, 1.82) is 0 Å². The van der Waals surface area contributed by atoms with Gasteiger partial charge in [0.25, 0.3) is 5.91 Å². The molecule has 9 nitrogen and oxygen atoms in total. The van der Waals surface area contributed by atoms with Crippen molar-refractivity contribution in [3.05, 3.63) is 89.5 Å². The number of hydrogen-bond acceptors (Lipinski definition) is 5. The molecule has 0 atom stereocenters. The number of rotatable bonds is 10. The zero-order chi connectivity index (χ0) is 32.8. The molecule has 46 heavy (non-hydrogen) atoms. The van der Waals surface area contributed by atoms with Gasteiger partial charge in [-0.2, -0.15) is 0 Å². The van der Waals surface area contributed by atoms with Crippen LogP contribution in [0.4, 0.5) is 16.2 Å². The molecule has 3 aromatic carbocycles. The average molecular weight is 626 g/mol. The first kappa shape index (κ1) is 32.9. The second kappa shape index (κ2) is 14.3. The van der Waals surface area contributed by atoms with Crippen LogP contribution in [0.5, 0.6) is 5.75 Å². The summed E-state index contributed by atoms with van der Waals surface area (Å²) >= 11 is 0. The lowest BCUT2D eigenvalue weighted by Gasteiger charge is -2.43. The van der Waals surface area contributed by atoms with Gasteiger partial charge in [-0.05, 0) is 66.0 Å². The predicted molar refractivity (Wildman–Crippen MR) is 182 cm³/mol. The van der Waals surface area contributed by atoms with E-state index in [2.05, 4.69) is 61.4 Å². The minimum Gasteiger partial charge on any atom is -0.496 e. The van der Waals surface area contributed by atoms with Gasteiger partial charge >= 0.3 is 6.03 Å². The number of ether oxygens (including phenoxy) is 1. The van der Waals surface area contributed by atoms with Gasteiger partial charge in [-0.1, -0.05) is 82.3 Å². The summed E-state index contributed by atoms with van der Waals surface area (Å²) in [5.41, 5.74) is 4.25. The largest absolute Gasteiger partial charge is 0.496 e. The fraction of sp³-hybridized carbons (Fsp3) is 0.432. The van der Waals surface area contributed by atoms with Gasteiger partial charge in [0.1, 0.15) is 17.8 Å². The van der Waals surface area contributed by atoms with Crippen LogP contribution in [0.15, 0.2) is 72.8 Å². The number of piperidine rings is 1. The number of amides is 4. The van der Waals surface area contributed by atoms with Gasteiger partial charge in [0, 0.05) is 31.0 Å². The van der Waals surface area contributed by atoms with E-state index in [9.17, 15) is 14.4 Å². The number of carbonyl (C=O) groups excluding carboxylic acids is 3.